The van der Waals surface area contributed by atoms with Gasteiger partial charge in [-0.3, -0.25) is 0 Å². The van der Waals surface area contributed by atoms with Gasteiger partial charge in [0.15, 0.2) is 0 Å². The molecule has 5 heteroatoms. The van der Waals surface area contributed by atoms with Gasteiger partial charge in [-0.2, -0.15) is 0 Å². The zero-order chi connectivity index (χ0) is 24.3. The van der Waals surface area contributed by atoms with Gasteiger partial charge in [0.2, 0.25) is 9.84 Å². The van der Waals surface area contributed by atoms with Crippen molar-refractivity contribution in [1.29, 1.82) is 0 Å². The molecule has 0 aromatic heterocycles. The number of hydrogen-bond acceptors (Lipinski definition) is 4. The van der Waals surface area contributed by atoms with E-state index in [1.54, 1.807) is 12.1 Å². The molecule has 34 heavy (non-hydrogen) atoms. The molecule has 0 spiro atoms. The molecule has 4 nitrogen and oxygen atoms in total. The quantitative estimate of drug-likeness (QED) is 0.331. The minimum atomic E-state index is -3.66. The topological polar surface area (TPSA) is 63.6 Å². The minimum absolute atomic E-state index is 0.0205. The van der Waals surface area contributed by atoms with Gasteiger partial charge in [-0.15, -0.1) is 0 Å². The molecule has 0 atom stereocenters. The molecule has 0 aliphatic heterocycles. The Morgan fingerprint density at radius 2 is 1.06 bits per heavy atom. The van der Waals surface area contributed by atoms with Crippen LogP contribution in [0.2, 0.25) is 0 Å². The van der Waals surface area contributed by atoms with Gasteiger partial charge in [-0.1, -0.05) is 57.2 Å². The molecule has 4 aromatic rings. The molecule has 0 radical (unpaired) electrons. The van der Waals surface area contributed by atoms with Crippen LogP contribution >= 0.6 is 0 Å². The molecular weight excluding hydrogens is 444 g/mol. The van der Waals surface area contributed by atoms with Crippen LogP contribution in [0.4, 0.5) is 0 Å². The summed E-state index contributed by atoms with van der Waals surface area (Å²) in [5.41, 5.74) is 3.91. The SMILES string of the molecule is CC(C)(C)c1ccc(Cc2ccc(Oc3ccc(S(=O)(=O)c4ccc(O)cc4)cc3)cc2)cc1. The molecule has 0 saturated carbocycles. The minimum Gasteiger partial charge on any atom is -0.508 e. The number of phenolic OH excluding ortho intramolecular Hbond substituents is 1. The monoisotopic (exact) mass is 472 g/mol. The molecule has 0 amide bonds. The number of sulfone groups is 1. The van der Waals surface area contributed by atoms with Gasteiger partial charge in [0.25, 0.3) is 0 Å². The molecule has 0 bridgehead atoms. The van der Waals surface area contributed by atoms with E-state index in [-0.39, 0.29) is 21.0 Å². The number of phenols is 1. The second-order valence-electron chi connectivity index (χ2n) is 9.34. The van der Waals surface area contributed by atoms with Crippen LogP contribution in [0, 0.1) is 0 Å². The van der Waals surface area contributed by atoms with Crippen molar-refractivity contribution in [3.8, 4) is 17.2 Å². The Hall–Kier alpha value is -3.57. The van der Waals surface area contributed by atoms with E-state index in [9.17, 15) is 13.5 Å². The first-order chi connectivity index (χ1) is 16.1. The van der Waals surface area contributed by atoms with E-state index in [2.05, 4.69) is 45.0 Å². The van der Waals surface area contributed by atoms with Gasteiger partial charge in [0, 0.05) is 0 Å². The van der Waals surface area contributed by atoms with Crippen LogP contribution in [0.1, 0.15) is 37.5 Å². The highest BCUT2D eigenvalue weighted by atomic mass is 32.2. The Labute approximate surface area is 201 Å². The molecule has 1 N–H and O–H groups in total. The maximum absolute atomic E-state index is 12.7. The first kappa shape index (κ1) is 23.6. The molecule has 0 aliphatic rings. The third-order valence-corrected chi connectivity index (χ3v) is 7.45. The van der Waals surface area contributed by atoms with E-state index in [4.69, 9.17) is 4.74 Å². The summed E-state index contributed by atoms with van der Waals surface area (Å²) in [6, 6.07) is 28.5. The number of hydrogen-bond donors (Lipinski definition) is 1. The van der Waals surface area contributed by atoms with Gasteiger partial charge in [0.05, 0.1) is 9.79 Å². The summed E-state index contributed by atoms with van der Waals surface area (Å²) in [5, 5.41) is 9.39. The Balaban J connectivity index is 1.41. The number of benzene rings is 4. The third-order valence-electron chi connectivity index (χ3n) is 5.67. The fraction of sp³-hybridized carbons (Fsp3) is 0.172. The summed E-state index contributed by atoms with van der Waals surface area (Å²) in [4.78, 5) is 0.293. The van der Waals surface area contributed by atoms with Crippen LogP contribution in [0.15, 0.2) is 107 Å². The number of aromatic hydroxyl groups is 1. The summed E-state index contributed by atoms with van der Waals surface area (Å²) < 4.78 is 31.4. The summed E-state index contributed by atoms with van der Waals surface area (Å²) in [6.07, 6.45) is 0.842. The molecule has 4 aromatic carbocycles. The first-order valence-corrected chi connectivity index (χ1v) is 12.6. The lowest BCUT2D eigenvalue weighted by Crippen LogP contribution is -2.10. The van der Waals surface area contributed by atoms with Gasteiger partial charge in [-0.25, -0.2) is 8.42 Å². The van der Waals surface area contributed by atoms with E-state index in [1.807, 2.05) is 24.3 Å². The summed E-state index contributed by atoms with van der Waals surface area (Å²) >= 11 is 0. The van der Waals surface area contributed by atoms with E-state index < -0.39 is 9.84 Å². The molecule has 0 heterocycles. The lowest BCUT2D eigenvalue weighted by atomic mass is 9.86. The van der Waals surface area contributed by atoms with Crippen LogP contribution in [0.3, 0.4) is 0 Å². The van der Waals surface area contributed by atoms with Gasteiger partial charge in [0.1, 0.15) is 17.2 Å². The van der Waals surface area contributed by atoms with Crippen molar-refractivity contribution in [2.45, 2.75) is 42.4 Å². The van der Waals surface area contributed by atoms with Gasteiger partial charge in [-0.05, 0) is 89.2 Å². The van der Waals surface area contributed by atoms with Crippen LogP contribution in [-0.4, -0.2) is 13.5 Å². The molecule has 0 saturated heterocycles. The second kappa shape index (κ2) is 9.35. The van der Waals surface area contributed by atoms with Gasteiger partial charge >= 0.3 is 0 Å². The predicted octanol–water partition coefficient (Wildman–Crippen LogP) is 6.91. The van der Waals surface area contributed by atoms with Crippen molar-refractivity contribution in [1.82, 2.24) is 0 Å². The fourth-order valence-corrected chi connectivity index (χ4v) is 4.88. The van der Waals surface area contributed by atoms with Crippen molar-refractivity contribution < 1.29 is 18.3 Å². The Morgan fingerprint density at radius 1 is 0.647 bits per heavy atom. The molecular formula is C29H28O4S. The first-order valence-electron chi connectivity index (χ1n) is 11.1. The largest absolute Gasteiger partial charge is 0.508 e. The normalized spacial score (nSPS) is 11.9. The van der Waals surface area contributed by atoms with Crippen LogP contribution < -0.4 is 4.74 Å². The summed E-state index contributed by atoms with van der Waals surface area (Å²) in [7, 11) is -3.66. The third kappa shape index (κ3) is 5.49. The average molecular weight is 473 g/mol. The van der Waals surface area contributed by atoms with E-state index in [0.717, 1.165) is 6.42 Å². The molecule has 4 rings (SSSR count). The highest BCUT2D eigenvalue weighted by Gasteiger charge is 2.17. The fourth-order valence-electron chi connectivity index (χ4n) is 3.62. The molecule has 174 valence electrons. The molecule has 0 fully saturated rings. The van der Waals surface area contributed by atoms with Crippen molar-refractivity contribution >= 4 is 9.84 Å². The van der Waals surface area contributed by atoms with E-state index in [1.165, 1.54) is 53.1 Å². The average Bonchev–Trinajstić information content (AvgIpc) is 2.81. The lowest BCUT2D eigenvalue weighted by Gasteiger charge is -2.19. The number of ether oxygens (including phenoxy) is 1. The number of rotatable bonds is 6. The summed E-state index contributed by atoms with van der Waals surface area (Å²) in [6.45, 7) is 6.63. The van der Waals surface area contributed by atoms with Crippen LogP contribution in [0.25, 0.3) is 0 Å². The lowest BCUT2D eigenvalue weighted by molar-refractivity contribution is 0.475. The molecule has 0 aliphatic carbocycles. The predicted molar refractivity (Wildman–Crippen MR) is 134 cm³/mol. The Bertz CT molecular complexity index is 1350. The van der Waals surface area contributed by atoms with Crippen molar-refractivity contribution in [3.05, 3.63) is 114 Å². The van der Waals surface area contributed by atoms with Gasteiger partial charge < -0.3 is 9.84 Å². The second-order valence-corrected chi connectivity index (χ2v) is 11.3. The Morgan fingerprint density at radius 3 is 1.53 bits per heavy atom. The highest BCUT2D eigenvalue weighted by molar-refractivity contribution is 7.91. The van der Waals surface area contributed by atoms with E-state index in [0.29, 0.717) is 11.5 Å². The van der Waals surface area contributed by atoms with E-state index >= 15 is 0 Å². The highest BCUT2D eigenvalue weighted by Crippen LogP contribution is 2.28. The zero-order valence-corrected chi connectivity index (χ0v) is 20.3. The maximum atomic E-state index is 12.7. The van der Waals surface area contributed by atoms with Crippen molar-refractivity contribution in [2.24, 2.45) is 0 Å². The molecule has 0 unspecified atom stereocenters. The summed E-state index contributed by atoms with van der Waals surface area (Å²) in [5.74, 6) is 1.25. The maximum Gasteiger partial charge on any atom is 0.206 e. The van der Waals surface area contributed by atoms with Crippen molar-refractivity contribution in [2.75, 3.05) is 0 Å². The Kier molecular flexibility index (Phi) is 6.49. The standard InChI is InChI=1S/C29H28O4S/c1-29(2,3)23-8-4-21(5-9-23)20-22-6-12-25(13-7-22)33-26-14-18-28(19-15-26)34(31,32)27-16-10-24(30)11-17-27/h4-19,30H,20H2,1-3H3. The van der Waals surface area contributed by atoms with Crippen LogP contribution in [-0.2, 0) is 21.7 Å². The van der Waals surface area contributed by atoms with Crippen LogP contribution in [0.5, 0.6) is 17.2 Å². The van der Waals surface area contributed by atoms with Crippen molar-refractivity contribution in [3.63, 3.8) is 0 Å². The zero-order valence-electron chi connectivity index (χ0n) is 19.5. The smallest absolute Gasteiger partial charge is 0.206 e.